The van der Waals surface area contributed by atoms with Crippen LogP contribution in [-0.4, -0.2) is 70.3 Å². The van der Waals surface area contributed by atoms with Crippen LogP contribution in [0.25, 0.3) is 0 Å². The smallest absolute Gasteiger partial charge is 0.222 e. The second kappa shape index (κ2) is 15.4. The van der Waals surface area contributed by atoms with Crippen molar-refractivity contribution in [1.29, 1.82) is 0 Å². The zero-order chi connectivity index (χ0) is 17.3. The van der Waals surface area contributed by atoms with Gasteiger partial charge in [-0.3, -0.25) is 14.4 Å². The van der Waals surface area contributed by atoms with Crippen LogP contribution in [-0.2, 0) is 28.6 Å². The van der Waals surface area contributed by atoms with Gasteiger partial charge in [0.15, 0.2) is 5.78 Å². The number of carbonyl (C=O) groups is 3. The van der Waals surface area contributed by atoms with Crippen LogP contribution in [0.4, 0.5) is 0 Å². The highest BCUT2D eigenvalue weighted by Crippen LogP contribution is 1.86. The minimum Gasteiger partial charge on any atom is -0.379 e. The Morgan fingerprint density at radius 2 is 1.48 bits per heavy atom. The van der Waals surface area contributed by atoms with Crippen LogP contribution in [0.3, 0.4) is 0 Å². The van der Waals surface area contributed by atoms with Crippen LogP contribution in [0, 0.1) is 0 Å². The largest absolute Gasteiger partial charge is 0.379 e. The van der Waals surface area contributed by atoms with Gasteiger partial charge < -0.3 is 24.8 Å². The number of carbonyl (C=O) groups excluding carboxylic acids is 3. The SMILES string of the molecule is CCC(=O)COCCNC(=O)CCOCCOCCNC(C)=O.[HH].[HH]. The van der Waals surface area contributed by atoms with Crippen molar-refractivity contribution in [2.45, 2.75) is 26.7 Å². The summed E-state index contributed by atoms with van der Waals surface area (Å²) in [6.45, 7) is 6.06. The molecule has 0 rings (SSSR count). The summed E-state index contributed by atoms with van der Waals surface area (Å²) in [5, 5.41) is 5.29. The molecular formula is C15H32N2O6. The molecule has 0 aliphatic carbocycles. The van der Waals surface area contributed by atoms with E-state index in [1.165, 1.54) is 6.92 Å². The van der Waals surface area contributed by atoms with Gasteiger partial charge in [-0.1, -0.05) is 6.92 Å². The zero-order valence-corrected chi connectivity index (χ0v) is 14.0. The highest BCUT2D eigenvalue weighted by atomic mass is 16.5. The summed E-state index contributed by atoms with van der Waals surface area (Å²) in [5.74, 6) is -0.163. The number of ketones is 1. The molecule has 2 amide bonds. The van der Waals surface area contributed by atoms with Crippen LogP contribution in [0.2, 0.25) is 0 Å². The van der Waals surface area contributed by atoms with E-state index < -0.39 is 0 Å². The molecule has 0 bridgehead atoms. The first-order valence-electron chi connectivity index (χ1n) is 7.82. The summed E-state index contributed by atoms with van der Waals surface area (Å²) in [7, 11) is 0. The molecule has 0 aliphatic heterocycles. The van der Waals surface area contributed by atoms with Crippen LogP contribution in [0.15, 0.2) is 0 Å². The third-order valence-electron chi connectivity index (χ3n) is 2.69. The van der Waals surface area contributed by atoms with Crippen LogP contribution in [0.1, 0.15) is 29.5 Å². The molecule has 0 fully saturated rings. The Morgan fingerprint density at radius 1 is 0.870 bits per heavy atom. The summed E-state index contributed by atoms with van der Waals surface area (Å²) in [6.07, 6.45) is 0.723. The van der Waals surface area contributed by atoms with Crippen molar-refractivity contribution in [2.75, 3.05) is 52.7 Å². The Morgan fingerprint density at radius 3 is 2.13 bits per heavy atom. The van der Waals surface area contributed by atoms with Crippen molar-refractivity contribution < 1.29 is 31.4 Å². The number of hydrogen-bond acceptors (Lipinski definition) is 6. The molecule has 0 heterocycles. The van der Waals surface area contributed by atoms with Crippen molar-refractivity contribution in [3.05, 3.63) is 0 Å². The molecule has 0 atom stereocenters. The molecule has 0 saturated heterocycles. The standard InChI is InChI=1S/C15H28N2O6.2H2/c1-3-14(19)12-23-9-6-17-15(20)4-7-21-10-11-22-8-5-16-13(2)18;;/h3-12H2,1-2H3,(H,16,18)(H,17,20);2*1H. The van der Waals surface area contributed by atoms with E-state index in [0.29, 0.717) is 52.5 Å². The number of ether oxygens (including phenoxy) is 3. The first kappa shape index (κ1) is 21.5. The molecule has 0 aromatic carbocycles. The van der Waals surface area contributed by atoms with Gasteiger partial charge in [-0.2, -0.15) is 0 Å². The second-order valence-corrected chi connectivity index (χ2v) is 4.75. The van der Waals surface area contributed by atoms with Crippen molar-refractivity contribution in [2.24, 2.45) is 0 Å². The van der Waals surface area contributed by atoms with E-state index in [2.05, 4.69) is 10.6 Å². The maximum absolute atomic E-state index is 11.4. The Kier molecular flexibility index (Phi) is 14.4. The topological polar surface area (TPSA) is 103 Å². The van der Waals surface area contributed by atoms with Crippen molar-refractivity contribution in [1.82, 2.24) is 10.6 Å². The van der Waals surface area contributed by atoms with Gasteiger partial charge in [-0.15, -0.1) is 0 Å². The van der Waals surface area contributed by atoms with Crippen molar-refractivity contribution in [3.8, 4) is 0 Å². The summed E-state index contributed by atoms with van der Waals surface area (Å²) in [5.41, 5.74) is 0. The molecular weight excluding hydrogens is 304 g/mol. The van der Waals surface area contributed by atoms with Gasteiger partial charge in [-0.25, -0.2) is 0 Å². The highest BCUT2D eigenvalue weighted by molar-refractivity contribution is 5.79. The molecule has 0 unspecified atom stereocenters. The quantitative estimate of drug-likeness (QED) is 0.413. The molecule has 0 aromatic heterocycles. The van der Waals surface area contributed by atoms with E-state index in [1.54, 1.807) is 6.92 Å². The van der Waals surface area contributed by atoms with Gasteiger partial charge in [0, 0.05) is 35.7 Å². The number of Topliss-reactive ketones (excluding diaryl/α,β-unsaturated/α-hetero) is 1. The average Bonchev–Trinajstić information content (AvgIpc) is 2.52. The predicted molar refractivity (Wildman–Crippen MR) is 88.3 cm³/mol. The summed E-state index contributed by atoms with van der Waals surface area (Å²) in [6, 6.07) is 0. The first-order valence-corrected chi connectivity index (χ1v) is 7.82. The van der Waals surface area contributed by atoms with Gasteiger partial charge in [0.1, 0.15) is 6.61 Å². The minimum absolute atomic E-state index is 0. The lowest BCUT2D eigenvalue weighted by Gasteiger charge is -2.07. The Hall–Kier alpha value is -1.51. The molecule has 0 aromatic rings. The third kappa shape index (κ3) is 16.7. The fraction of sp³-hybridized carbons (Fsp3) is 0.800. The molecule has 0 radical (unpaired) electrons. The van der Waals surface area contributed by atoms with E-state index in [0.717, 1.165) is 0 Å². The monoisotopic (exact) mass is 336 g/mol. The lowest BCUT2D eigenvalue weighted by Crippen LogP contribution is -2.28. The van der Waals surface area contributed by atoms with E-state index in [4.69, 9.17) is 14.2 Å². The molecule has 23 heavy (non-hydrogen) atoms. The molecule has 138 valence electrons. The molecule has 0 aliphatic rings. The second-order valence-electron chi connectivity index (χ2n) is 4.75. The number of amides is 2. The average molecular weight is 336 g/mol. The predicted octanol–water partition coefficient (Wildman–Crippen LogP) is 0.150. The summed E-state index contributed by atoms with van der Waals surface area (Å²) in [4.78, 5) is 33.0. The van der Waals surface area contributed by atoms with Gasteiger partial charge in [0.25, 0.3) is 0 Å². The van der Waals surface area contributed by atoms with Crippen LogP contribution >= 0.6 is 0 Å². The molecule has 8 heteroatoms. The summed E-state index contributed by atoms with van der Waals surface area (Å²) < 4.78 is 15.6. The van der Waals surface area contributed by atoms with E-state index in [-0.39, 0.29) is 33.5 Å². The van der Waals surface area contributed by atoms with Crippen LogP contribution < -0.4 is 10.6 Å². The molecule has 0 saturated carbocycles. The lowest BCUT2D eigenvalue weighted by molar-refractivity contribution is -0.123. The zero-order valence-electron chi connectivity index (χ0n) is 14.0. The molecule has 2 N–H and O–H groups in total. The van der Waals surface area contributed by atoms with Crippen LogP contribution in [0.5, 0.6) is 0 Å². The maximum Gasteiger partial charge on any atom is 0.222 e. The number of hydrogen-bond donors (Lipinski definition) is 2. The maximum atomic E-state index is 11.4. The highest BCUT2D eigenvalue weighted by Gasteiger charge is 2.02. The molecule has 8 nitrogen and oxygen atoms in total. The Bertz CT molecular complexity index is 359. The van der Waals surface area contributed by atoms with Crippen molar-refractivity contribution >= 4 is 17.6 Å². The number of nitrogens with one attached hydrogen (secondary N) is 2. The Balaban J connectivity index is -0.00000242. The fourth-order valence-corrected chi connectivity index (χ4v) is 1.43. The first-order chi connectivity index (χ1) is 11.1. The van der Waals surface area contributed by atoms with Gasteiger partial charge in [0.2, 0.25) is 11.8 Å². The number of rotatable bonds is 15. The Labute approximate surface area is 140 Å². The van der Waals surface area contributed by atoms with E-state index >= 15 is 0 Å². The molecule has 0 spiro atoms. The van der Waals surface area contributed by atoms with Gasteiger partial charge in [0.05, 0.1) is 33.0 Å². The van der Waals surface area contributed by atoms with E-state index in [1.807, 2.05) is 0 Å². The lowest BCUT2D eigenvalue weighted by atomic mass is 10.3. The minimum atomic E-state index is -0.123. The third-order valence-corrected chi connectivity index (χ3v) is 2.69. The fourth-order valence-electron chi connectivity index (χ4n) is 1.43. The van der Waals surface area contributed by atoms with Crippen molar-refractivity contribution in [3.63, 3.8) is 0 Å². The van der Waals surface area contributed by atoms with Gasteiger partial charge >= 0.3 is 0 Å². The van der Waals surface area contributed by atoms with Gasteiger partial charge in [-0.05, 0) is 0 Å². The summed E-state index contributed by atoms with van der Waals surface area (Å²) >= 11 is 0. The van der Waals surface area contributed by atoms with E-state index in [9.17, 15) is 14.4 Å². The normalized spacial score (nSPS) is 10.3.